The number of nitrogens with one attached hydrogen (secondary N) is 1. The summed E-state index contributed by atoms with van der Waals surface area (Å²) in [4.78, 5) is 12.7. The third-order valence-corrected chi connectivity index (χ3v) is 8.26. The van der Waals surface area contributed by atoms with Gasteiger partial charge in [-0.25, -0.2) is 13.1 Å². The van der Waals surface area contributed by atoms with E-state index in [0.717, 1.165) is 22.5 Å². The maximum absolute atomic E-state index is 12.5. The van der Waals surface area contributed by atoms with Gasteiger partial charge in [-0.3, -0.25) is 4.79 Å². The molecule has 10 heteroatoms. The Bertz CT molecular complexity index is 1510. The standard InChI is InChI=1S/C27H29N5O4S/c1-17(2)37(34,35)24-12-6-21(7-13-24)16-26(33)28-22-8-10-23(11-9-22)36-27-15-14-25(29-30-27)32-20(5)18(3)19(4)31-32/h6-15,17H,16H2,1-5H3,(H,28,33). The van der Waals surface area contributed by atoms with Gasteiger partial charge in [-0.15, -0.1) is 10.2 Å². The number of rotatable bonds is 8. The van der Waals surface area contributed by atoms with E-state index in [9.17, 15) is 13.2 Å². The second kappa shape index (κ2) is 10.5. The van der Waals surface area contributed by atoms with Gasteiger partial charge in [0.25, 0.3) is 0 Å². The second-order valence-corrected chi connectivity index (χ2v) is 11.5. The number of hydrogen-bond acceptors (Lipinski definition) is 7. The molecular weight excluding hydrogens is 490 g/mol. The van der Waals surface area contributed by atoms with E-state index >= 15 is 0 Å². The third-order valence-electron chi connectivity index (χ3n) is 6.09. The van der Waals surface area contributed by atoms with E-state index in [1.54, 1.807) is 67.1 Å². The zero-order chi connectivity index (χ0) is 26.7. The number of nitrogens with zero attached hydrogens (tertiary/aromatic N) is 4. The van der Waals surface area contributed by atoms with E-state index < -0.39 is 15.1 Å². The van der Waals surface area contributed by atoms with Gasteiger partial charge >= 0.3 is 0 Å². The lowest BCUT2D eigenvalue weighted by atomic mass is 10.1. The number of anilines is 1. The Morgan fingerprint density at radius 1 is 0.946 bits per heavy atom. The molecule has 0 aliphatic rings. The summed E-state index contributed by atoms with van der Waals surface area (Å²) >= 11 is 0. The number of amides is 1. The number of aryl methyl sites for hydroxylation is 1. The molecule has 0 spiro atoms. The van der Waals surface area contributed by atoms with Crippen LogP contribution in [-0.4, -0.2) is 39.6 Å². The fraction of sp³-hybridized carbons (Fsp3) is 0.259. The molecule has 2 aromatic carbocycles. The zero-order valence-corrected chi connectivity index (χ0v) is 22.2. The molecule has 0 atom stereocenters. The molecule has 4 rings (SSSR count). The first kappa shape index (κ1) is 26.0. The lowest BCUT2D eigenvalue weighted by Crippen LogP contribution is -2.15. The number of hydrogen-bond donors (Lipinski definition) is 1. The summed E-state index contributed by atoms with van der Waals surface area (Å²) in [5, 5.41) is 15.2. The van der Waals surface area contributed by atoms with Gasteiger partial charge in [-0.1, -0.05) is 12.1 Å². The molecule has 2 heterocycles. The van der Waals surface area contributed by atoms with Gasteiger partial charge in [0.1, 0.15) is 5.75 Å². The summed E-state index contributed by atoms with van der Waals surface area (Å²) in [6.07, 6.45) is 0.122. The maximum atomic E-state index is 12.5. The summed E-state index contributed by atoms with van der Waals surface area (Å²) in [7, 11) is -3.34. The molecule has 0 bridgehead atoms. The highest BCUT2D eigenvalue weighted by atomic mass is 32.2. The molecule has 2 aromatic heterocycles. The van der Waals surface area contributed by atoms with E-state index in [-0.39, 0.29) is 17.2 Å². The minimum atomic E-state index is -3.34. The van der Waals surface area contributed by atoms with Crippen LogP contribution in [-0.2, 0) is 21.1 Å². The van der Waals surface area contributed by atoms with Crippen LogP contribution in [0.3, 0.4) is 0 Å². The van der Waals surface area contributed by atoms with Crippen LogP contribution in [0.2, 0.25) is 0 Å². The Labute approximate surface area is 216 Å². The van der Waals surface area contributed by atoms with Crippen LogP contribution in [0.5, 0.6) is 11.6 Å². The highest BCUT2D eigenvalue weighted by Crippen LogP contribution is 2.23. The van der Waals surface area contributed by atoms with Crippen molar-refractivity contribution in [3.63, 3.8) is 0 Å². The first-order valence-corrected chi connectivity index (χ1v) is 13.4. The monoisotopic (exact) mass is 519 g/mol. The smallest absolute Gasteiger partial charge is 0.238 e. The van der Waals surface area contributed by atoms with Crippen molar-refractivity contribution < 1.29 is 17.9 Å². The molecule has 0 saturated carbocycles. The van der Waals surface area contributed by atoms with Crippen molar-refractivity contribution in [1.29, 1.82) is 0 Å². The maximum Gasteiger partial charge on any atom is 0.238 e. The van der Waals surface area contributed by atoms with Crippen molar-refractivity contribution >= 4 is 21.4 Å². The fourth-order valence-corrected chi connectivity index (χ4v) is 4.67. The zero-order valence-electron chi connectivity index (χ0n) is 21.4. The fourth-order valence-electron chi connectivity index (χ4n) is 3.61. The van der Waals surface area contributed by atoms with E-state index in [1.165, 1.54) is 12.1 Å². The molecule has 192 valence electrons. The summed E-state index contributed by atoms with van der Waals surface area (Å²) in [6, 6.07) is 16.8. The number of benzene rings is 2. The van der Waals surface area contributed by atoms with Crippen molar-refractivity contribution in [2.75, 3.05) is 5.32 Å². The molecule has 0 fully saturated rings. The molecule has 0 radical (unpaired) electrons. The van der Waals surface area contributed by atoms with Crippen LogP contribution >= 0.6 is 0 Å². The first-order valence-electron chi connectivity index (χ1n) is 11.8. The Morgan fingerprint density at radius 2 is 1.62 bits per heavy atom. The number of carbonyl (C=O) groups is 1. The largest absolute Gasteiger partial charge is 0.438 e. The van der Waals surface area contributed by atoms with Crippen LogP contribution in [0, 0.1) is 20.8 Å². The number of aromatic nitrogens is 4. The van der Waals surface area contributed by atoms with E-state index in [2.05, 4.69) is 20.6 Å². The van der Waals surface area contributed by atoms with Crippen molar-refractivity contribution in [2.45, 2.75) is 51.2 Å². The van der Waals surface area contributed by atoms with Gasteiger partial charge in [-0.2, -0.15) is 5.10 Å². The summed E-state index contributed by atoms with van der Waals surface area (Å²) in [5.74, 6) is 1.27. The van der Waals surface area contributed by atoms with Crippen LogP contribution in [0.1, 0.15) is 36.4 Å². The van der Waals surface area contributed by atoms with Gasteiger partial charge in [0, 0.05) is 17.4 Å². The van der Waals surface area contributed by atoms with Crippen LogP contribution in [0.15, 0.2) is 65.6 Å². The highest BCUT2D eigenvalue weighted by molar-refractivity contribution is 7.92. The normalized spacial score (nSPS) is 11.5. The molecule has 0 saturated heterocycles. The molecule has 9 nitrogen and oxygen atoms in total. The number of ether oxygens (including phenoxy) is 1. The SMILES string of the molecule is Cc1nn(-c2ccc(Oc3ccc(NC(=O)Cc4ccc(S(=O)(=O)C(C)C)cc4)cc3)nn2)c(C)c1C. The first-order chi connectivity index (χ1) is 17.5. The van der Waals surface area contributed by atoms with Gasteiger partial charge in [0.15, 0.2) is 15.7 Å². The van der Waals surface area contributed by atoms with Crippen molar-refractivity contribution in [3.8, 4) is 17.4 Å². The Hall–Kier alpha value is -4.05. The average molecular weight is 520 g/mol. The summed E-state index contributed by atoms with van der Waals surface area (Å²) < 4.78 is 32.0. The Morgan fingerprint density at radius 3 is 2.16 bits per heavy atom. The van der Waals surface area contributed by atoms with Crippen molar-refractivity contribution in [1.82, 2.24) is 20.0 Å². The average Bonchev–Trinajstić information content (AvgIpc) is 3.13. The Balaban J connectivity index is 1.34. The number of carbonyl (C=O) groups excluding carboxylic acids is 1. The molecule has 0 aliphatic heterocycles. The summed E-state index contributed by atoms with van der Waals surface area (Å²) in [5.41, 5.74) is 4.40. The van der Waals surface area contributed by atoms with Gasteiger partial charge in [0.2, 0.25) is 11.8 Å². The minimum Gasteiger partial charge on any atom is -0.438 e. The van der Waals surface area contributed by atoms with Gasteiger partial charge in [0.05, 0.1) is 22.3 Å². The van der Waals surface area contributed by atoms with Crippen molar-refractivity contribution in [3.05, 3.63) is 83.2 Å². The lowest BCUT2D eigenvalue weighted by Gasteiger charge is -2.10. The quantitative estimate of drug-likeness (QED) is 0.357. The Kier molecular flexibility index (Phi) is 7.40. The van der Waals surface area contributed by atoms with Crippen LogP contribution < -0.4 is 10.1 Å². The second-order valence-electron chi connectivity index (χ2n) is 9.03. The predicted molar refractivity (Wildman–Crippen MR) is 141 cm³/mol. The minimum absolute atomic E-state index is 0.122. The predicted octanol–water partition coefficient (Wildman–Crippen LogP) is 4.74. The highest BCUT2D eigenvalue weighted by Gasteiger charge is 2.19. The topological polar surface area (TPSA) is 116 Å². The van der Waals surface area contributed by atoms with Crippen molar-refractivity contribution in [2.24, 2.45) is 0 Å². The van der Waals surface area contributed by atoms with Gasteiger partial charge in [-0.05, 0) is 88.2 Å². The molecule has 1 N–H and O–H groups in total. The van der Waals surface area contributed by atoms with Gasteiger partial charge < -0.3 is 10.1 Å². The number of sulfone groups is 1. The molecule has 0 aliphatic carbocycles. The van der Waals surface area contributed by atoms with Crippen LogP contribution in [0.25, 0.3) is 5.82 Å². The molecule has 1 amide bonds. The summed E-state index contributed by atoms with van der Waals surface area (Å²) in [6.45, 7) is 9.24. The molecular formula is C27H29N5O4S. The third kappa shape index (κ3) is 5.86. The molecule has 37 heavy (non-hydrogen) atoms. The van der Waals surface area contributed by atoms with E-state index in [4.69, 9.17) is 4.74 Å². The van der Waals surface area contributed by atoms with Crippen LogP contribution in [0.4, 0.5) is 5.69 Å². The molecule has 4 aromatic rings. The van der Waals surface area contributed by atoms with E-state index in [0.29, 0.717) is 23.1 Å². The lowest BCUT2D eigenvalue weighted by molar-refractivity contribution is -0.115. The molecule has 0 unspecified atom stereocenters. The van der Waals surface area contributed by atoms with E-state index in [1.807, 2.05) is 20.8 Å².